The third-order valence-corrected chi connectivity index (χ3v) is 24.8. The van der Waals surface area contributed by atoms with Crippen LogP contribution in [0.15, 0.2) is 88.3 Å². The van der Waals surface area contributed by atoms with Crippen molar-refractivity contribution in [1.29, 1.82) is 0 Å². The topological polar surface area (TPSA) is 324 Å². The number of hydrogen-bond acceptors (Lipinski definition) is 31. The highest BCUT2D eigenvalue weighted by atomic mass is 32.2. The third-order valence-electron chi connectivity index (χ3n) is 18.3. The number of methoxy groups -OCH3 is 3. The van der Waals surface area contributed by atoms with Gasteiger partial charge in [-0.25, -0.2) is 44.9 Å². The standard InChI is InChI=1S/C26H37N7O2S2.C26H36N6O2S2.C26H35N5O3S2/c1-5-6-21-24(17(2)36-26-29-22(27)16-23(28)30-26)31-25(37-21)18-7-8-19(34-4)20(15-18)35-14-13-33-11-9-32(3)10-12-33;1-4-8-21-24(17(2)35-26-29-22(27)16-23(28)30-26)31-25(36-21)18-9-10-19(33-3)20(15-18)34-14-13-32-11-6-5-7-12-32;1-5-6-22-24(18(3)35-26-28-17(2)15-23(27)29-26)30-25(36-22)19-7-8-20(32-4)21(16-19)34-14-11-31-9-12-33-13-10-31/h7-8,15-17H,5-6,9-14H2,1-4H3,(H4,27,28,29,30);9-10,15-17H,4-8,11-14H2,1-3H3,(H4,27,28,29,30);7-8,15-16,18H,5-6,9-14H2,1-4H3,(H2,27,28,29). The Kier molecular flexibility index (Phi) is 32.5. The van der Waals surface area contributed by atoms with Crippen LogP contribution in [-0.4, -0.2) is 198 Å². The maximum Gasteiger partial charge on any atom is 0.192 e. The fourth-order valence-electron chi connectivity index (χ4n) is 12.6. The lowest BCUT2D eigenvalue weighted by Crippen LogP contribution is -2.45. The highest BCUT2D eigenvalue weighted by Gasteiger charge is 2.26. The average molecular weight is 1600 g/mol. The van der Waals surface area contributed by atoms with Gasteiger partial charge in [0.15, 0.2) is 50.0 Å². The van der Waals surface area contributed by atoms with Gasteiger partial charge in [0.25, 0.3) is 0 Å². The number of thioether (sulfide) groups is 3. The summed E-state index contributed by atoms with van der Waals surface area (Å²) in [7, 11) is 7.19. The van der Waals surface area contributed by atoms with Crippen molar-refractivity contribution in [3.63, 3.8) is 0 Å². The molecule has 3 aromatic carbocycles. The quantitative estimate of drug-likeness (QED) is 0.0188. The molecule has 0 spiro atoms. The molecule has 25 nitrogen and oxygen atoms in total. The van der Waals surface area contributed by atoms with Crippen molar-refractivity contribution in [2.45, 2.75) is 137 Å². The van der Waals surface area contributed by atoms with E-state index in [1.807, 2.05) is 61.5 Å². The van der Waals surface area contributed by atoms with Crippen LogP contribution in [0, 0.1) is 6.92 Å². The number of piperidine rings is 1. The van der Waals surface area contributed by atoms with Crippen LogP contribution >= 0.6 is 69.3 Å². The van der Waals surface area contributed by atoms with E-state index in [-0.39, 0.29) is 15.7 Å². The molecule has 0 amide bonds. The average Bonchev–Trinajstić information content (AvgIpc) is 1.72. The first-order valence-corrected chi connectivity index (χ1v) is 42.6. The molecule has 12 rings (SSSR count). The van der Waals surface area contributed by atoms with E-state index in [1.54, 1.807) is 85.3 Å². The maximum absolute atomic E-state index is 6.21. The van der Waals surface area contributed by atoms with E-state index in [9.17, 15) is 0 Å². The van der Waals surface area contributed by atoms with E-state index < -0.39 is 0 Å². The summed E-state index contributed by atoms with van der Waals surface area (Å²) < 4.78 is 40.7. The number of nitrogen functional groups attached to an aromatic ring is 5. The van der Waals surface area contributed by atoms with Crippen LogP contribution in [-0.2, 0) is 24.0 Å². The van der Waals surface area contributed by atoms with Gasteiger partial charge >= 0.3 is 0 Å². The number of anilines is 5. The number of morpholine rings is 1. The molecule has 9 aromatic rings. The number of aromatic nitrogens is 9. The molecule has 0 radical (unpaired) electrons. The maximum atomic E-state index is 6.21. The molecule has 10 N–H and O–H groups in total. The van der Waals surface area contributed by atoms with E-state index in [4.69, 9.17) is 76.8 Å². The first-order chi connectivity index (χ1) is 52.8. The monoisotopic (exact) mass is 1600 g/mol. The minimum Gasteiger partial charge on any atom is -0.493 e. The summed E-state index contributed by atoms with van der Waals surface area (Å²) in [5, 5.41) is 4.90. The fraction of sp³-hybridized carbons (Fsp3) is 0.500. The van der Waals surface area contributed by atoms with Gasteiger partial charge < -0.3 is 66.7 Å². The lowest BCUT2D eigenvalue weighted by molar-refractivity contribution is 0.0321. The number of likely N-dealkylation sites (tertiary alicyclic amines) is 1. The molecular formula is C78H108N18O7S6. The summed E-state index contributed by atoms with van der Waals surface area (Å²) in [6.45, 7) is 29.5. The Balaban J connectivity index is 0.000000174. The summed E-state index contributed by atoms with van der Waals surface area (Å²) in [6.07, 6.45) is 9.93. The lowest BCUT2D eigenvalue weighted by Gasteiger charge is -2.32. The van der Waals surface area contributed by atoms with Crippen molar-refractivity contribution in [3.8, 4) is 66.2 Å². The van der Waals surface area contributed by atoms with Gasteiger partial charge in [-0.1, -0.05) is 81.7 Å². The first kappa shape index (κ1) is 83.9. The zero-order valence-electron chi connectivity index (χ0n) is 64.8. The van der Waals surface area contributed by atoms with Crippen LogP contribution in [0.1, 0.15) is 133 Å². The third kappa shape index (κ3) is 24.7. The predicted octanol–water partition coefficient (Wildman–Crippen LogP) is 14.7. The van der Waals surface area contributed by atoms with E-state index in [2.05, 4.69) is 98.1 Å². The van der Waals surface area contributed by atoms with Gasteiger partial charge in [0, 0.05) is 114 Å². The van der Waals surface area contributed by atoms with Crippen LogP contribution in [0.3, 0.4) is 0 Å². The molecule has 3 unspecified atom stereocenters. The summed E-state index contributed by atoms with van der Waals surface area (Å²) in [5.41, 5.74) is 36.5. The zero-order valence-corrected chi connectivity index (χ0v) is 69.7. The van der Waals surface area contributed by atoms with Gasteiger partial charge in [-0.2, -0.15) is 0 Å². The molecule has 0 saturated carbocycles. The van der Waals surface area contributed by atoms with E-state index in [0.29, 0.717) is 64.4 Å². The Hall–Kier alpha value is -7.56. The van der Waals surface area contributed by atoms with Crippen molar-refractivity contribution in [2.75, 3.05) is 162 Å². The molecule has 6 aromatic heterocycles. The second kappa shape index (κ2) is 42.2. The molecule has 0 aliphatic carbocycles. The van der Waals surface area contributed by atoms with E-state index in [0.717, 1.165) is 213 Å². The van der Waals surface area contributed by atoms with Gasteiger partial charge in [0.05, 0.1) is 67.4 Å². The number of hydrogen-bond donors (Lipinski definition) is 5. The Morgan fingerprint density at radius 2 is 0.743 bits per heavy atom. The summed E-state index contributed by atoms with van der Waals surface area (Å²) in [4.78, 5) is 54.9. The number of benzene rings is 3. The number of rotatable bonds is 33. The van der Waals surface area contributed by atoms with Crippen molar-refractivity contribution in [3.05, 3.63) is 110 Å². The van der Waals surface area contributed by atoms with Crippen LogP contribution in [0.5, 0.6) is 34.5 Å². The SMILES string of the molecule is CCCc1sc(-c2ccc(OC)c(OCCN3CCCCC3)c2)nc1C(C)Sc1nc(N)cc(N)n1.CCCc1sc(-c2ccc(OC)c(OCCN3CCN(C)CC3)c2)nc1C(C)Sc1nc(N)cc(N)n1.CCCc1sc(-c2ccc(OC)c(OCCN3CCOCC3)c2)nc1C(C)Sc1nc(C)cc(N)n1. The number of piperazine rings is 1. The minimum atomic E-state index is 0.0466. The Morgan fingerprint density at radius 1 is 0.413 bits per heavy atom. The highest BCUT2D eigenvalue weighted by molar-refractivity contribution is 7.99. The molecule has 3 aliphatic rings. The zero-order chi connectivity index (χ0) is 77.3. The lowest BCUT2D eigenvalue weighted by atomic mass is 10.1. The molecular weight excluding hydrogens is 1490 g/mol. The molecule has 3 aliphatic heterocycles. The Morgan fingerprint density at radius 3 is 1.08 bits per heavy atom. The second-order valence-corrected chi connectivity index (χ2v) is 34.0. The van der Waals surface area contributed by atoms with Crippen molar-refractivity contribution in [2.24, 2.45) is 0 Å². The predicted molar refractivity (Wildman–Crippen MR) is 448 cm³/mol. The van der Waals surface area contributed by atoms with Crippen LogP contribution in [0.25, 0.3) is 31.7 Å². The number of nitrogens with two attached hydrogens (primary N) is 5. The smallest absolute Gasteiger partial charge is 0.192 e. The van der Waals surface area contributed by atoms with E-state index in [1.165, 1.54) is 57.4 Å². The molecule has 3 fully saturated rings. The minimum absolute atomic E-state index is 0.0466. The normalized spacial score (nSPS) is 15.3. The molecule has 588 valence electrons. The molecule has 109 heavy (non-hydrogen) atoms. The fourth-order valence-corrected chi connectivity index (χ4v) is 19.5. The van der Waals surface area contributed by atoms with Crippen molar-refractivity contribution in [1.82, 2.24) is 64.5 Å². The summed E-state index contributed by atoms with van der Waals surface area (Å²) in [6, 6.07) is 23.1. The number of thiazole rings is 3. The number of likely N-dealkylation sites (N-methyl/N-ethyl adjacent to an activating group) is 1. The molecule has 0 bridgehead atoms. The van der Waals surface area contributed by atoms with Crippen LogP contribution in [0.4, 0.5) is 29.1 Å². The van der Waals surface area contributed by atoms with Gasteiger partial charge in [-0.05, 0) is 135 Å². The van der Waals surface area contributed by atoms with Crippen molar-refractivity contribution < 1.29 is 33.2 Å². The number of aryl methyl sites for hydroxylation is 4. The molecule has 31 heteroatoms. The second-order valence-electron chi connectivity index (χ2n) is 26.9. The van der Waals surface area contributed by atoms with Crippen molar-refractivity contribution >= 4 is 98.4 Å². The molecule has 3 saturated heterocycles. The highest BCUT2D eigenvalue weighted by Crippen LogP contribution is 2.45. The van der Waals surface area contributed by atoms with Crippen LogP contribution in [0.2, 0.25) is 0 Å². The number of nitrogens with zero attached hydrogens (tertiary/aromatic N) is 13. The first-order valence-electron chi connectivity index (χ1n) is 37.6. The summed E-state index contributed by atoms with van der Waals surface area (Å²) in [5.74, 6) is 6.41. The molecule has 3 atom stereocenters. The van der Waals surface area contributed by atoms with Gasteiger partial charge in [0.2, 0.25) is 0 Å². The summed E-state index contributed by atoms with van der Waals surface area (Å²) >= 11 is 9.83. The largest absolute Gasteiger partial charge is 0.493 e. The molecule has 9 heterocycles. The van der Waals surface area contributed by atoms with E-state index >= 15 is 0 Å². The van der Waals surface area contributed by atoms with Gasteiger partial charge in [-0.3, -0.25) is 14.7 Å². The van der Waals surface area contributed by atoms with Gasteiger partial charge in [0.1, 0.15) is 63.9 Å². The van der Waals surface area contributed by atoms with Gasteiger partial charge in [-0.15, -0.1) is 34.0 Å². The Bertz CT molecular complexity index is 4100. The number of ether oxygens (including phenoxy) is 7. The van der Waals surface area contributed by atoms with Crippen LogP contribution < -0.4 is 57.1 Å². The Labute approximate surface area is 667 Å².